The Kier molecular flexibility index (Phi) is 9.39. The van der Waals surface area contributed by atoms with Gasteiger partial charge in [-0.05, 0) is 44.5 Å². The lowest BCUT2D eigenvalue weighted by Crippen LogP contribution is -2.45. The molecule has 5 rings (SSSR count). The molecule has 0 atom stereocenters. The van der Waals surface area contributed by atoms with Crippen molar-refractivity contribution in [3.05, 3.63) is 77.7 Å². The number of amides is 2. The number of benzene rings is 2. The van der Waals surface area contributed by atoms with E-state index >= 15 is 0 Å². The van der Waals surface area contributed by atoms with E-state index in [9.17, 15) is 18.4 Å². The molecular formula is C29H32F2N6O3. The maximum Gasteiger partial charge on any atom is 0.251 e. The molecule has 0 aliphatic carbocycles. The molecule has 1 fully saturated rings. The Morgan fingerprint density at radius 1 is 1.05 bits per heavy atom. The lowest BCUT2D eigenvalue weighted by atomic mass is 10.1. The molecule has 11 heteroatoms. The minimum absolute atomic E-state index is 0.0343. The highest BCUT2D eigenvalue weighted by molar-refractivity contribution is 5.98. The van der Waals surface area contributed by atoms with Crippen molar-refractivity contribution in [1.82, 2.24) is 24.6 Å². The van der Waals surface area contributed by atoms with E-state index in [0.717, 1.165) is 29.4 Å². The number of alkyl halides is 2. The summed E-state index contributed by atoms with van der Waals surface area (Å²) in [6.07, 6.45) is 3.29. The number of carbonyl (C=O) groups is 2. The number of anilines is 2. The van der Waals surface area contributed by atoms with Crippen LogP contribution in [-0.2, 0) is 9.53 Å². The molecule has 2 amide bonds. The number of halogens is 2. The summed E-state index contributed by atoms with van der Waals surface area (Å²) in [6.45, 7) is 6.89. The summed E-state index contributed by atoms with van der Waals surface area (Å²) >= 11 is 0. The van der Waals surface area contributed by atoms with Gasteiger partial charge in [-0.25, -0.2) is 18.7 Å². The number of ether oxygens (including phenoxy) is 1. The van der Waals surface area contributed by atoms with Gasteiger partial charge < -0.3 is 20.3 Å². The fourth-order valence-electron chi connectivity index (χ4n) is 4.25. The van der Waals surface area contributed by atoms with Gasteiger partial charge in [0.1, 0.15) is 0 Å². The molecular weight excluding hydrogens is 518 g/mol. The van der Waals surface area contributed by atoms with Crippen molar-refractivity contribution >= 4 is 29.0 Å². The summed E-state index contributed by atoms with van der Waals surface area (Å²) in [5.41, 5.74) is 6.04. The molecule has 1 aliphatic rings. The molecule has 40 heavy (non-hydrogen) atoms. The first kappa shape index (κ1) is 28.6. The van der Waals surface area contributed by atoms with Gasteiger partial charge >= 0.3 is 0 Å². The average Bonchev–Trinajstić information content (AvgIpc) is 3.37. The Morgan fingerprint density at radius 3 is 2.42 bits per heavy atom. The van der Waals surface area contributed by atoms with Gasteiger partial charge in [-0.1, -0.05) is 29.8 Å². The summed E-state index contributed by atoms with van der Waals surface area (Å²) < 4.78 is 27.9. The van der Waals surface area contributed by atoms with Crippen molar-refractivity contribution in [3.8, 4) is 11.3 Å². The second kappa shape index (κ2) is 13.1. The van der Waals surface area contributed by atoms with Gasteiger partial charge in [0.2, 0.25) is 12.3 Å². The van der Waals surface area contributed by atoms with Crippen LogP contribution in [0, 0.1) is 13.8 Å². The first-order chi connectivity index (χ1) is 19.2. The summed E-state index contributed by atoms with van der Waals surface area (Å²) in [4.78, 5) is 35.8. The summed E-state index contributed by atoms with van der Waals surface area (Å²) in [5.74, 6) is 0.229. The molecule has 2 N–H and O–H groups in total. The normalized spacial score (nSPS) is 13.1. The first-order valence-electron chi connectivity index (χ1n) is 12.9. The van der Waals surface area contributed by atoms with Gasteiger partial charge in [0.05, 0.1) is 31.6 Å². The number of aromatic nitrogens is 3. The number of rotatable bonds is 6. The molecule has 3 heterocycles. The fraction of sp³-hybridized carbons (Fsp3) is 0.310. The van der Waals surface area contributed by atoms with Crippen molar-refractivity contribution in [1.29, 1.82) is 0 Å². The maximum absolute atomic E-state index is 12.7. The number of fused-ring (bicyclic) bond motifs is 1. The molecule has 4 aromatic rings. The van der Waals surface area contributed by atoms with Crippen LogP contribution in [-0.4, -0.2) is 70.4 Å². The number of nitrogens with one attached hydrogen (secondary N) is 2. The van der Waals surface area contributed by atoms with Crippen LogP contribution in [0.4, 0.5) is 20.3 Å². The topological polar surface area (TPSA) is 101 Å². The Hall–Kier alpha value is -4.38. The van der Waals surface area contributed by atoms with Crippen LogP contribution in [0.1, 0.15) is 28.4 Å². The van der Waals surface area contributed by atoms with Gasteiger partial charge in [0.15, 0.2) is 11.5 Å². The minimum Gasteiger partial charge on any atom is -0.378 e. The van der Waals surface area contributed by atoms with Crippen LogP contribution >= 0.6 is 0 Å². The average molecular weight is 551 g/mol. The highest BCUT2D eigenvalue weighted by atomic mass is 19.3. The van der Waals surface area contributed by atoms with Gasteiger partial charge in [-0.3, -0.25) is 14.0 Å². The third-order valence-electron chi connectivity index (χ3n) is 6.27. The van der Waals surface area contributed by atoms with Crippen molar-refractivity contribution in [2.75, 3.05) is 38.2 Å². The van der Waals surface area contributed by atoms with Crippen LogP contribution in [0.25, 0.3) is 16.9 Å². The molecule has 0 saturated carbocycles. The zero-order valence-electron chi connectivity index (χ0n) is 22.7. The molecule has 0 radical (unpaired) electrons. The number of hydrogen-bond donors (Lipinski definition) is 2. The quantitative estimate of drug-likeness (QED) is 0.364. The third kappa shape index (κ3) is 7.17. The smallest absolute Gasteiger partial charge is 0.251 e. The Morgan fingerprint density at radius 2 is 1.75 bits per heavy atom. The molecule has 2 aromatic heterocycles. The van der Waals surface area contributed by atoms with Gasteiger partial charge in [-0.2, -0.15) is 0 Å². The molecule has 1 saturated heterocycles. The van der Waals surface area contributed by atoms with E-state index in [0.29, 0.717) is 43.3 Å². The van der Waals surface area contributed by atoms with E-state index < -0.39 is 6.43 Å². The number of carbonyl (C=O) groups excluding carboxylic acids is 2. The lowest BCUT2D eigenvalue weighted by molar-refractivity contribution is -0.134. The van der Waals surface area contributed by atoms with E-state index in [1.165, 1.54) is 5.56 Å². The lowest BCUT2D eigenvalue weighted by Gasteiger charge is -2.26. The van der Waals surface area contributed by atoms with Crippen LogP contribution in [0.3, 0.4) is 0 Å². The monoisotopic (exact) mass is 550 g/mol. The van der Waals surface area contributed by atoms with E-state index in [4.69, 9.17) is 4.74 Å². The van der Waals surface area contributed by atoms with E-state index in [1.54, 1.807) is 17.2 Å². The first-order valence-corrected chi connectivity index (χ1v) is 12.9. The number of nitrogens with zero attached hydrogens (tertiary/aromatic N) is 4. The summed E-state index contributed by atoms with van der Waals surface area (Å²) in [6, 6.07) is 13.8. The molecule has 0 unspecified atom stereocenters. The standard InChI is InChI=1S/C27H28N6O3.C2H4F2/c1-18-3-5-20(6-4-18)23-16-29-26-25(28-9-10-33(23)26)31-21-7-8-22(19(2)15-21)27(35)30-17-24(34)32-11-13-36-14-12-32;1-2(3)4/h3-10,15-16H,11-14,17H2,1-2H3,(H,28,31)(H,30,35);2H,1H3. The van der Waals surface area contributed by atoms with Crippen LogP contribution < -0.4 is 10.6 Å². The Balaban J connectivity index is 0.000000867. The maximum atomic E-state index is 12.7. The van der Waals surface area contributed by atoms with E-state index in [2.05, 4.69) is 51.8 Å². The van der Waals surface area contributed by atoms with E-state index in [1.807, 2.05) is 35.9 Å². The Bertz CT molecular complexity index is 1460. The third-order valence-corrected chi connectivity index (χ3v) is 6.27. The molecule has 9 nitrogen and oxygen atoms in total. The highest BCUT2D eigenvalue weighted by Gasteiger charge is 2.18. The van der Waals surface area contributed by atoms with Gasteiger partial charge in [0, 0.05) is 42.3 Å². The zero-order valence-corrected chi connectivity index (χ0v) is 22.7. The summed E-state index contributed by atoms with van der Waals surface area (Å²) in [5, 5.41) is 6.06. The second-order valence-electron chi connectivity index (χ2n) is 9.33. The zero-order chi connectivity index (χ0) is 28.6. The molecule has 0 bridgehead atoms. The van der Waals surface area contributed by atoms with Crippen LogP contribution in [0.2, 0.25) is 0 Å². The molecule has 210 valence electrons. The Labute approximate surface area is 231 Å². The summed E-state index contributed by atoms with van der Waals surface area (Å²) in [7, 11) is 0. The SMILES string of the molecule is CC(F)F.Cc1ccc(-c2cnc3c(Nc4ccc(C(=O)NCC(=O)N5CCOCC5)c(C)c4)nccn23)cc1. The van der Waals surface area contributed by atoms with Gasteiger partial charge in [-0.15, -0.1) is 0 Å². The largest absolute Gasteiger partial charge is 0.378 e. The number of aryl methyl sites for hydroxylation is 2. The highest BCUT2D eigenvalue weighted by Crippen LogP contribution is 2.26. The fourth-order valence-corrected chi connectivity index (χ4v) is 4.25. The van der Waals surface area contributed by atoms with Crippen molar-refractivity contribution < 1.29 is 23.1 Å². The van der Waals surface area contributed by atoms with E-state index in [-0.39, 0.29) is 18.4 Å². The molecule has 2 aromatic carbocycles. The van der Waals surface area contributed by atoms with Crippen molar-refractivity contribution in [3.63, 3.8) is 0 Å². The number of imidazole rings is 1. The predicted molar refractivity (Wildman–Crippen MR) is 149 cm³/mol. The van der Waals surface area contributed by atoms with Crippen LogP contribution in [0.15, 0.2) is 61.1 Å². The minimum atomic E-state index is -2.17. The van der Waals surface area contributed by atoms with Crippen LogP contribution in [0.5, 0.6) is 0 Å². The van der Waals surface area contributed by atoms with Crippen molar-refractivity contribution in [2.45, 2.75) is 27.2 Å². The number of morpholine rings is 1. The molecule has 0 spiro atoms. The predicted octanol–water partition coefficient (Wildman–Crippen LogP) is 4.62. The second-order valence-corrected chi connectivity index (χ2v) is 9.33. The van der Waals surface area contributed by atoms with Crippen molar-refractivity contribution in [2.24, 2.45) is 0 Å². The molecule has 1 aliphatic heterocycles. The number of hydrogen-bond acceptors (Lipinski definition) is 6. The van der Waals surface area contributed by atoms with Gasteiger partial charge in [0.25, 0.3) is 5.91 Å².